The maximum Gasteiger partial charge on any atom is 0.136 e. The first-order valence-electron chi connectivity index (χ1n) is 7.12. The van der Waals surface area contributed by atoms with Gasteiger partial charge in [0.1, 0.15) is 5.78 Å². The van der Waals surface area contributed by atoms with Crippen molar-refractivity contribution in [2.45, 2.75) is 63.6 Å². The van der Waals surface area contributed by atoms with Crippen LogP contribution in [0.2, 0.25) is 0 Å². The quantitative estimate of drug-likeness (QED) is 0.824. The SMILES string of the molecule is CCCC(c1cccs1)N1C2CCC1CC(=O)C2. The van der Waals surface area contributed by atoms with Gasteiger partial charge in [0, 0.05) is 35.8 Å². The predicted molar refractivity (Wildman–Crippen MR) is 74.9 cm³/mol. The van der Waals surface area contributed by atoms with Crippen molar-refractivity contribution in [3.8, 4) is 0 Å². The lowest BCUT2D eigenvalue weighted by molar-refractivity contribution is -0.124. The molecule has 2 nitrogen and oxygen atoms in total. The number of carbonyl (C=O) groups excluding carboxylic acids is 1. The second-order valence-electron chi connectivity index (χ2n) is 5.60. The van der Waals surface area contributed by atoms with Crippen molar-refractivity contribution >= 4 is 17.1 Å². The van der Waals surface area contributed by atoms with E-state index in [4.69, 9.17) is 0 Å². The third kappa shape index (κ3) is 2.14. The van der Waals surface area contributed by atoms with Crippen molar-refractivity contribution in [3.63, 3.8) is 0 Å². The van der Waals surface area contributed by atoms with Crippen LogP contribution in [0.3, 0.4) is 0 Å². The molecule has 2 bridgehead atoms. The van der Waals surface area contributed by atoms with E-state index in [0.29, 0.717) is 23.9 Å². The maximum atomic E-state index is 11.7. The highest BCUT2D eigenvalue weighted by atomic mass is 32.1. The number of thiophene rings is 1. The third-order valence-corrected chi connectivity index (χ3v) is 5.37. The number of ketones is 1. The molecule has 3 atom stereocenters. The molecule has 3 rings (SSSR count). The van der Waals surface area contributed by atoms with Crippen LogP contribution in [0, 0.1) is 0 Å². The summed E-state index contributed by atoms with van der Waals surface area (Å²) in [5, 5.41) is 2.18. The van der Waals surface area contributed by atoms with Crippen molar-refractivity contribution in [1.29, 1.82) is 0 Å². The lowest BCUT2D eigenvalue weighted by Crippen LogP contribution is -2.45. The molecule has 2 aliphatic heterocycles. The summed E-state index contributed by atoms with van der Waals surface area (Å²) in [6.07, 6.45) is 6.47. The molecule has 2 aliphatic rings. The van der Waals surface area contributed by atoms with Gasteiger partial charge in [-0.15, -0.1) is 11.3 Å². The zero-order chi connectivity index (χ0) is 12.5. The normalized spacial score (nSPS) is 29.7. The first-order valence-corrected chi connectivity index (χ1v) is 8.00. The van der Waals surface area contributed by atoms with Crippen LogP contribution in [0.1, 0.15) is 56.4 Å². The molecule has 0 spiro atoms. The predicted octanol–water partition coefficient (Wildman–Crippen LogP) is 3.79. The number of hydrogen-bond donors (Lipinski definition) is 0. The minimum atomic E-state index is 0.486. The van der Waals surface area contributed by atoms with Crippen molar-refractivity contribution in [2.24, 2.45) is 0 Å². The molecular formula is C15H21NOS. The Labute approximate surface area is 113 Å². The lowest BCUT2D eigenvalue weighted by Gasteiger charge is -2.40. The van der Waals surface area contributed by atoms with E-state index in [1.165, 1.54) is 30.6 Å². The molecule has 0 aromatic carbocycles. The van der Waals surface area contributed by atoms with E-state index in [1.807, 2.05) is 11.3 Å². The first-order chi connectivity index (χ1) is 8.79. The fourth-order valence-corrected chi connectivity index (χ4v) is 4.57. The fourth-order valence-electron chi connectivity index (χ4n) is 3.71. The summed E-state index contributed by atoms with van der Waals surface area (Å²) >= 11 is 1.87. The molecule has 0 amide bonds. The Morgan fingerprint density at radius 1 is 1.39 bits per heavy atom. The van der Waals surface area contributed by atoms with Crippen LogP contribution < -0.4 is 0 Å². The third-order valence-electron chi connectivity index (χ3n) is 4.40. The van der Waals surface area contributed by atoms with Gasteiger partial charge in [-0.3, -0.25) is 9.69 Å². The molecule has 2 saturated heterocycles. The highest BCUT2D eigenvalue weighted by molar-refractivity contribution is 7.10. The van der Waals surface area contributed by atoms with Crippen molar-refractivity contribution in [1.82, 2.24) is 4.90 Å². The lowest BCUT2D eigenvalue weighted by atomic mass is 9.96. The molecule has 0 N–H and O–H groups in total. The van der Waals surface area contributed by atoms with Crippen LogP contribution in [0.4, 0.5) is 0 Å². The highest BCUT2D eigenvalue weighted by Crippen LogP contribution is 2.43. The number of fused-ring (bicyclic) bond motifs is 2. The number of Topliss-reactive ketones (excluding diaryl/α,β-unsaturated/α-hetero) is 1. The Morgan fingerprint density at radius 3 is 2.67 bits per heavy atom. The largest absolute Gasteiger partial charge is 0.300 e. The van der Waals surface area contributed by atoms with Gasteiger partial charge in [-0.1, -0.05) is 19.4 Å². The topological polar surface area (TPSA) is 20.3 Å². The molecule has 0 saturated carbocycles. The Bertz CT molecular complexity index is 398. The molecule has 98 valence electrons. The van der Waals surface area contributed by atoms with Gasteiger partial charge >= 0.3 is 0 Å². The van der Waals surface area contributed by atoms with Crippen molar-refractivity contribution in [3.05, 3.63) is 22.4 Å². The number of nitrogens with zero attached hydrogens (tertiary/aromatic N) is 1. The number of carbonyl (C=O) groups is 1. The molecule has 2 fully saturated rings. The van der Waals surface area contributed by atoms with Gasteiger partial charge in [-0.2, -0.15) is 0 Å². The zero-order valence-corrected chi connectivity index (χ0v) is 11.8. The summed E-state index contributed by atoms with van der Waals surface area (Å²) in [6, 6.07) is 6.02. The molecule has 3 heterocycles. The van der Waals surface area contributed by atoms with Crippen molar-refractivity contribution in [2.75, 3.05) is 0 Å². The van der Waals surface area contributed by atoms with E-state index in [-0.39, 0.29) is 0 Å². The molecular weight excluding hydrogens is 242 g/mol. The number of hydrogen-bond acceptors (Lipinski definition) is 3. The van der Waals surface area contributed by atoms with Crippen LogP contribution in [-0.4, -0.2) is 22.8 Å². The number of rotatable bonds is 4. The van der Waals surface area contributed by atoms with Gasteiger partial charge in [0.15, 0.2) is 0 Å². The molecule has 3 heteroatoms. The molecule has 3 unspecified atom stereocenters. The van der Waals surface area contributed by atoms with Crippen LogP contribution in [-0.2, 0) is 4.79 Å². The summed E-state index contributed by atoms with van der Waals surface area (Å²) < 4.78 is 0. The summed E-state index contributed by atoms with van der Waals surface area (Å²) in [6.45, 7) is 2.26. The molecule has 18 heavy (non-hydrogen) atoms. The molecule has 0 radical (unpaired) electrons. The van der Waals surface area contributed by atoms with Gasteiger partial charge in [0.25, 0.3) is 0 Å². The van der Waals surface area contributed by atoms with E-state index >= 15 is 0 Å². The fraction of sp³-hybridized carbons (Fsp3) is 0.667. The van der Waals surface area contributed by atoms with Crippen LogP contribution in [0.25, 0.3) is 0 Å². The Hall–Kier alpha value is -0.670. The summed E-state index contributed by atoms with van der Waals surface area (Å²) in [7, 11) is 0. The van der Waals surface area contributed by atoms with E-state index < -0.39 is 0 Å². The zero-order valence-electron chi connectivity index (χ0n) is 11.0. The Kier molecular flexibility index (Phi) is 3.53. The minimum Gasteiger partial charge on any atom is -0.300 e. The van der Waals surface area contributed by atoms with Gasteiger partial charge in [-0.25, -0.2) is 0 Å². The van der Waals surface area contributed by atoms with E-state index in [1.54, 1.807) is 0 Å². The van der Waals surface area contributed by atoms with Crippen LogP contribution >= 0.6 is 11.3 Å². The standard InChI is InChI=1S/C15H21NOS/c1-2-4-14(15-5-3-8-18-15)16-11-6-7-12(16)10-13(17)9-11/h3,5,8,11-12,14H,2,4,6-7,9-10H2,1H3. The van der Waals surface area contributed by atoms with E-state index in [2.05, 4.69) is 29.3 Å². The second-order valence-corrected chi connectivity index (χ2v) is 6.58. The highest BCUT2D eigenvalue weighted by Gasteiger charge is 2.43. The minimum absolute atomic E-state index is 0.486. The smallest absolute Gasteiger partial charge is 0.136 e. The van der Waals surface area contributed by atoms with Crippen LogP contribution in [0.5, 0.6) is 0 Å². The van der Waals surface area contributed by atoms with Crippen molar-refractivity contribution < 1.29 is 4.79 Å². The van der Waals surface area contributed by atoms with E-state index in [0.717, 1.165) is 12.8 Å². The van der Waals surface area contributed by atoms with Gasteiger partial charge < -0.3 is 0 Å². The van der Waals surface area contributed by atoms with Gasteiger partial charge in [-0.05, 0) is 30.7 Å². The molecule has 1 aromatic rings. The first kappa shape index (κ1) is 12.4. The summed E-state index contributed by atoms with van der Waals surface area (Å²) in [5.74, 6) is 0.486. The number of piperidine rings is 1. The average molecular weight is 263 g/mol. The second kappa shape index (κ2) is 5.14. The van der Waals surface area contributed by atoms with Gasteiger partial charge in [0.2, 0.25) is 0 Å². The van der Waals surface area contributed by atoms with Crippen LogP contribution in [0.15, 0.2) is 17.5 Å². The molecule has 1 aromatic heterocycles. The summed E-state index contributed by atoms with van der Waals surface area (Å²) in [5.41, 5.74) is 0. The van der Waals surface area contributed by atoms with Gasteiger partial charge in [0.05, 0.1) is 0 Å². The monoisotopic (exact) mass is 263 g/mol. The Morgan fingerprint density at radius 2 is 2.11 bits per heavy atom. The average Bonchev–Trinajstić information content (AvgIpc) is 2.94. The Balaban J connectivity index is 1.85. The van der Waals surface area contributed by atoms with E-state index in [9.17, 15) is 4.79 Å². The molecule has 0 aliphatic carbocycles. The maximum absolute atomic E-state index is 11.7. The summed E-state index contributed by atoms with van der Waals surface area (Å²) in [4.78, 5) is 15.9.